The number of ether oxygens (including phenoxy) is 1. The van der Waals surface area contributed by atoms with Crippen LogP contribution in [-0.4, -0.2) is 18.3 Å². The Morgan fingerprint density at radius 3 is 2.50 bits per heavy atom. The van der Waals surface area contributed by atoms with Crippen LogP contribution in [0.15, 0.2) is 54.6 Å². The van der Waals surface area contributed by atoms with Gasteiger partial charge in [0, 0.05) is 13.0 Å². The van der Waals surface area contributed by atoms with Crippen molar-refractivity contribution in [2.24, 2.45) is 5.73 Å². The highest BCUT2D eigenvalue weighted by Crippen LogP contribution is 2.24. The Balaban J connectivity index is 1.98. The van der Waals surface area contributed by atoms with Gasteiger partial charge in [0.25, 0.3) is 0 Å². The first-order valence-corrected chi connectivity index (χ1v) is 6.81. The van der Waals surface area contributed by atoms with Crippen LogP contribution < -0.4 is 10.5 Å². The number of hydrogen-bond donors (Lipinski definition) is 2. The van der Waals surface area contributed by atoms with Crippen molar-refractivity contribution in [3.63, 3.8) is 0 Å². The molecule has 0 spiro atoms. The van der Waals surface area contributed by atoms with Crippen molar-refractivity contribution in [1.29, 1.82) is 0 Å². The quantitative estimate of drug-likeness (QED) is 0.849. The molecule has 0 fully saturated rings. The molecular weight excluding hydrogens is 250 g/mol. The van der Waals surface area contributed by atoms with Crippen molar-refractivity contribution in [3.05, 3.63) is 65.7 Å². The molecule has 1 unspecified atom stereocenters. The lowest BCUT2D eigenvalue weighted by Gasteiger charge is -2.27. The average Bonchev–Trinajstić information content (AvgIpc) is 2.48. The molecule has 0 heterocycles. The monoisotopic (exact) mass is 271 g/mol. The first kappa shape index (κ1) is 14.6. The van der Waals surface area contributed by atoms with E-state index >= 15 is 0 Å². The Hall–Kier alpha value is -1.84. The SMILES string of the molecule is Cc1cccc(OCCC(O)(CN)c2ccccc2)c1. The second kappa shape index (κ2) is 6.55. The molecule has 2 rings (SSSR count). The second-order valence-corrected chi connectivity index (χ2v) is 5.02. The molecule has 20 heavy (non-hydrogen) atoms. The molecule has 106 valence electrons. The number of benzene rings is 2. The highest BCUT2D eigenvalue weighted by Gasteiger charge is 2.27. The summed E-state index contributed by atoms with van der Waals surface area (Å²) in [5, 5.41) is 10.6. The fraction of sp³-hybridized carbons (Fsp3) is 0.294. The summed E-state index contributed by atoms with van der Waals surface area (Å²) < 4.78 is 5.69. The smallest absolute Gasteiger partial charge is 0.119 e. The number of nitrogens with two attached hydrogens (primary N) is 1. The first-order valence-electron chi connectivity index (χ1n) is 6.81. The van der Waals surface area contributed by atoms with E-state index in [1.807, 2.05) is 61.5 Å². The van der Waals surface area contributed by atoms with Gasteiger partial charge < -0.3 is 15.6 Å². The summed E-state index contributed by atoms with van der Waals surface area (Å²) in [5.74, 6) is 0.817. The van der Waals surface area contributed by atoms with Gasteiger partial charge in [0.1, 0.15) is 11.4 Å². The van der Waals surface area contributed by atoms with Gasteiger partial charge in [0.2, 0.25) is 0 Å². The van der Waals surface area contributed by atoms with Crippen LogP contribution in [0.1, 0.15) is 17.5 Å². The number of hydrogen-bond acceptors (Lipinski definition) is 3. The Morgan fingerprint density at radius 2 is 1.85 bits per heavy atom. The van der Waals surface area contributed by atoms with Crippen molar-refractivity contribution in [2.45, 2.75) is 18.9 Å². The summed E-state index contributed by atoms with van der Waals surface area (Å²) in [5.41, 5.74) is 6.68. The largest absolute Gasteiger partial charge is 0.493 e. The van der Waals surface area contributed by atoms with Gasteiger partial charge in [-0.05, 0) is 30.2 Å². The lowest BCUT2D eigenvalue weighted by atomic mass is 9.91. The van der Waals surface area contributed by atoms with Crippen molar-refractivity contribution in [1.82, 2.24) is 0 Å². The van der Waals surface area contributed by atoms with E-state index in [1.54, 1.807) is 0 Å². The lowest BCUT2D eigenvalue weighted by molar-refractivity contribution is 0.0233. The molecule has 0 aliphatic carbocycles. The second-order valence-electron chi connectivity index (χ2n) is 5.02. The molecule has 3 heteroatoms. The molecule has 2 aromatic rings. The minimum Gasteiger partial charge on any atom is -0.493 e. The predicted molar refractivity (Wildman–Crippen MR) is 80.7 cm³/mol. The summed E-state index contributed by atoms with van der Waals surface area (Å²) in [6.07, 6.45) is 0.460. The molecule has 1 atom stereocenters. The summed E-state index contributed by atoms with van der Waals surface area (Å²) in [6, 6.07) is 17.4. The standard InChI is InChI=1S/C17H21NO2/c1-14-6-5-9-16(12-14)20-11-10-17(19,13-18)15-7-3-2-4-8-15/h2-9,12,19H,10-11,13,18H2,1H3. The third-order valence-corrected chi connectivity index (χ3v) is 3.42. The highest BCUT2D eigenvalue weighted by atomic mass is 16.5. The van der Waals surface area contributed by atoms with Crippen LogP contribution in [0.3, 0.4) is 0 Å². The molecule has 0 aliphatic heterocycles. The zero-order chi connectivity index (χ0) is 14.4. The van der Waals surface area contributed by atoms with Crippen molar-refractivity contribution < 1.29 is 9.84 Å². The third kappa shape index (κ3) is 3.59. The van der Waals surface area contributed by atoms with Crippen LogP contribution in [0.2, 0.25) is 0 Å². The fourth-order valence-electron chi connectivity index (χ4n) is 2.16. The Bertz CT molecular complexity index is 542. The van der Waals surface area contributed by atoms with E-state index in [4.69, 9.17) is 10.5 Å². The average molecular weight is 271 g/mol. The summed E-state index contributed by atoms with van der Waals surface area (Å²) in [4.78, 5) is 0. The van der Waals surface area contributed by atoms with Crippen molar-refractivity contribution in [2.75, 3.05) is 13.2 Å². The van der Waals surface area contributed by atoms with E-state index in [-0.39, 0.29) is 6.54 Å². The van der Waals surface area contributed by atoms with Gasteiger partial charge >= 0.3 is 0 Å². The Morgan fingerprint density at radius 1 is 1.10 bits per heavy atom. The topological polar surface area (TPSA) is 55.5 Å². The lowest BCUT2D eigenvalue weighted by Crippen LogP contribution is -2.36. The fourth-order valence-corrected chi connectivity index (χ4v) is 2.16. The Kier molecular flexibility index (Phi) is 4.77. The first-order chi connectivity index (χ1) is 9.64. The van der Waals surface area contributed by atoms with Gasteiger partial charge in [-0.25, -0.2) is 0 Å². The summed E-state index contributed by atoms with van der Waals surface area (Å²) in [7, 11) is 0. The molecule has 2 aromatic carbocycles. The molecular formula is C17H21NO2. The molecule has 0 aliphatic rings. The van der Waals surface area contributed by atoms with E-state index in [9.17, 15) is 5.11 Å². The van der Waals surface area contributed by atoms with E-state index in [0.717, 1.165) is 16.9 Å². The van der Waals surface area contributed by atoms with E-state index < -0.39 is 5.60 Å². The molecule has 0 saturated carbocycles. The van der Waals surface area contributed by atoms with Crippen LogP contribution in [0, 0.1) is 6.92 Å². The Labute approximate surface area is 120 Å². The van der Waals surface area contributed by atoms with Gasteiger partial charge in [-0.2, -0.15) is 0 Å². The third-order valence-electron chi connectivity index (χ3n) is 3.42. The van der Waals surface area contributed by atoms with Crippen LogP contribution in [-0.2, 0) is 5.60 Å². The van der Waals surface area contributed by atoms with Crippen molar-refractivity contribution >= 4 is 0 Å². The summed E-state index contributed by atoms with van der Waals surface area (Å²) >= 11 is 0. The zero-order valence-electron chi connectivity index (χ0n) is 11.8. The molecule has 0 amide bonds. The number of aryl methyl sites for hydroxylation is 1. The van der Waals surface area contributed by atoms with Crippen molar-refractivity contribution in [3.8, 4) is 5.75 Å². The maximum atomic E-state index is 10.6. The van der Waals surface area contributed by atoms with Crippen LogP contribution in [0.4, 0.5) is 0 Å². The molecule has 3 nitrogen and oxygen atoms in total. The van der Waals surface area contributed by atoms with Crippen LogP contribution in [0.5, 0.6) is 5.75 Å². The maximum absolute atomic E-state index is 10.6. The van der Waals surface area contributed by atoms with Gasteiger partial charge in [0.15, 0.2) is 0 Å². The summed E-state index contributed by atoms with van der Waals surface area (Å²) in [6.45, 7) is 2.62. The van der Waals surface area contributed by atoms with Gasteiger partial charge in [-0.3, -0.25) is 0 Å². The van der Waals surface area contributed by atoms with Crippen LogP contribution in [0.25, 0.3) is 0 Å². The molecule has 0 bridgehead atoms. The van der Waals surface area contributed by atoms with E-state index in [1.165, 1.54) is 0 Å². The van der Waals surface area contributed by atoms with Gasteiger partial charge in [0.05, 0.1) is 6.61 Å². The molecule has 0 radical (unpaired) electrons. The zero-order valence-corrected chi connectivity index (χ0v) is 11.8. The van der Waals surface area contributed by atoms with E-state index in [0.29, 0.717) is 13.0 Å². The molecule has 0 saturated heterocycles. The van der Waals surface area contributed by atoms with Crippen LogP contribution >= 0.6 is 0 Å². The minimum atomic E-state index is -1.04. The predicted octanol–water partition coefficient (Wildman–Crippen LogP) is 2.61. The van der Waals surface area contributed by atoms with Gasteiger partial charge in [-0.1, -0.05) is 42.5 Å². The number of aliphatic hydroxyl groups is 1. The minimum absolute atomic E-state index is 0.175. The molecule has 0 aromatic heterocycles. The molecule has 3 N–H and O–H groups in total. The number of rotatable bonds is 6. The highest BCUT2D eigenvalue weighted by molar-refractivity contribution is 5.27. The normalized spacial score (nSPS) is 13.8. The van der Waals surface area contributed by atoms with E-state index in [2.05, 4.69) is 0 Å². The van der Waals surface area contributed by atoms with Gasteiger partial charge in [-0.15, -0.1) is 0 Å². The maximum Gasteiger partial charge on any atom is 0.119 e.